The summed E-state index contributed by atoms with van der Waals surface area (Å²) in [5.41, 5.74) is 1.71. The second-order valence-corrected chi connectivity index (χ2v) is 3.97. The van der Waals surface area contributed by atoms with Gasteiger partial charge in [-0.1, -0.05) is 19.1 Å². The van der Waals surface area contributed by atoms with Crippen molar-refractivity contribution in [3.8, 4) is 0 Å². The lowest BCUT2D eigenvalue weighted by Crippen LogP contribution is -2.15. The van der Waals surface area contributed by atoms with Crippen molar-refractivity contribution in [2.75, 3.05) is 0 Å². The monoisotopic (exact) mass is 222 g/mol. The van der Waals surface area contributed by atoms with Crippen LogP contribution in [0.5, 0.6) is 0 Å². The number of carbonyl (C=O) groups excluding carboxylic acids is 2. The van der Waals surface area contributed by atoms with Gasteiger partial charge in [0.1, 0.15) is 6.10 Å². The third kappa shape index (κ3) is 3.05. The molecule has 0 aromatic rings. The Hall–Kier alpha value is -1.38. The van der Waals surface area contributed by atoms with Crippen LogP contribution >= 0.6 is 0 Å². The second-order valence-electron chi connectivity index (χ2n) is 3.97. The van der Waals surface area contributed by atoms with E-state index in [4.69, 9.17) is 4.74 Å². The Morgan fingerprint density at radius 2 is 2.19 bits per heavy atom. The van der Waals surface area contributed by atoms with Gasteiger partial charge in [-0.05, 0) is 25.3 Å². The van der Waals surface area contributed by atoms with E-state index in [1.165, 1.54) is 6.92 Å². The Balaban J connectivity index is 2.72. The average molecular weight is 222 g/mol. The highest BCUT2D eigenvalue weighted by Crippen LogP contribution is 2.28. The van der Waals surface area contributed by atoms with E-state index in [-0.39, 0.29) is 17.9 Å². The highest BCUT2D eigenvalue weighted by molar-refractivity contribution is 6.00. The fourth-order valence-electron chi connectivity index (χ4n) is 1.83. The molecule has 0 radical (unpaired) electrons. The Morgan fingerprint density at radius 3 is 2.75 bits per heavy atom. The molecule has 1 rings (SSSR count). The van der Waals surface area contributed by atoms with Gasteiger partial charge in [-0.2, -0.15) is 0 Å². The Bertz CT molecular complexity index is 350. The van der Waals surface area contributed by atoms with Crippen LogP contribution in [0.4, 0.5) is 0 Å². The number of Topliss-reactive ketones (excluding diaryl/α,β-unsaturated/α-hetero) is 1. The fraction of sp³-hybridized carbons (Fsp3) is 0.538. The van der Waals surface area contributed by atoms with Crippen molar-refractivity contribution in [3.63, 3.8) is 0 Å². The molecule has 3 nitrogen and oxygen atoms in total. The van der Waals surface area contributed by atoms with E-state index in [0.29, 0.717) is 12.8 Å². The van der Waals surface area contributed by atoms with Crippen LogP contribution in [0.25, 0.3) is 0 Å². The van der Waals surface area contributed by atoms with Crippen molar-refractivity contribution in [1.29, 1.82) is 0 Å². The Labute approximate surface area is 96.2 Å². The summed E-state index contributed by atoms with van der Waals surface area (Å²) in [4.78, 5) is 22.5. The summed E-state index contributed by atoms with van der Waals surface area (Å²) >= 11 is 0. The van der Waals surface area contributed by atoms with Gasteiger partial charge in [0.05, 0.1) is 6.42 Å². The van der Waals surface area contributed by atoms with Crippen LogP contribution < -0.4 is 0 Å². The van der Waals surface area contributed by atoms with E-state index < -0.39 is 0 Å². The molecule has 1 aliphatic rings. The number of allylic oxidation sites excluding steroid dienone is 3. The predicted molar refractivity (Wildman–Crippen MR) is 61.9 cm³/mol. The molecule has 0 heterocycles. The second kappa shape index (κ2) is 5.64. The molecule has 0 aromatic carbocycles. The van der Waals surface area contributed by atoms with Crippen LogP contribution in [-0.4, -0.2) is 17.9 Å². The molecular formula is C13H18O3. The quantitative estimate of drug-likeness (QED) is 0.542. The SMILES string of the molecule is CC/C=C\CC1=C(C)[C@H](OC(C)=O)CC1=O. The summed E-state index contributed by atoms with van der Waals surface area (Å²) in [6.45, 7) is 5.29. The van der Waals surface area contributed by atoms with Crippen LogP contribution in [0.3, 0.4) is 0 Å². The van der Waals surface area contributed by atoms with E-state index in [2.05, 4.69) is 6.92 Å². The smallest absolute Gasteiger partial charge is 0.303 e. The maximum atomic E-state index is 11.7. The molecule has 0 fully saturated rings. The number of rotatable bonds is 4. The highest BCUT2D eigenvalue weighted by atomic mass is 16.5. The third-order valence-electron chi connectivity index (χ3n) is 2.70. The minimum absolute atomic E-state index is 0.101. The van der Waals surface area contributed by atoms with Crippen LogP contribution in [-0.2, 0) is 14.3 Å². The molecule has 0 unspecified atom stereocenters. The molecule has 0 N–H and O–H groups in total. The van der Waals surface area contributed by atoms with Gasteiger partial charge in [0, 0.05) is 12.5 Å². The Morgan fingerprint density at radius 1 is 1.50 bits per heavy atom. The molecule has 3 heteroatoms. The number of ketones is 1. The molecular weight excluding hydrogens is 204 g/mol. The summed E-state index contributed by atoms with van der Waals surface area (Å²) in [7, 11) is 0. The Kier molecular flexibility index (Phi) is 4.47. The molecule has 0 saturated heterocycles. The first-order valence-corrected chi connectivity index (χ1v) is 5.61. The maximum absolute atomic E-state index is 11.7. The van der Waals surface area contributed by atoms with Gasteiger partial charge in [0.15, 0.2) is 5.78 Å². The van der Waals surface area contributed by atoms with E-state index in [1.54, 1.807) is 0 Å². The summed E-state index contributed by atoms with van der Waals surface area (Å²) in [6, 6.07) is 0. The van der Waals surface area contributed by atoms with Gasteiger partial charge in [-0.25, -0.2) is 0 Å². The van der Waals surface area contributed by atoms with Crippen molar-refractivity contribution in [2.45, 2.75) is 46.1 Å². The van der Waals surface area contributed by atoms with Crippen LogP contribution in [0.2, 0.25) is 0 Å². The first kappa shape index (κ1) is 12.7. The van der Waals surface area contributed by atoms with Crippen LogP contribution in [0.15, 0.2) is 23.3 Å². The lowest BCUT2D eigenvalue weighted by atomic mass is 10.1. The minimum atomic E-state index is -0.338. The van der Waals surface area contributed by atoms with Gasteiger partial charge in [-0.3, -0.25) is 9.59 Å². The lowest BCUT2D eigenvalue weighted by Gasteiger charge is -2.10. The van der Waals surface area contributed by atoms with Crippen molar-refractivity contribution in [3.05, 3.63) is 23.3 Å². The van der Waals surface area contributed by atoms with E-state index >= 15 is 0 Å². The van der Waals surface area contributed by atoms with E-state index in [0.717, 1.165) is 17.6 Å². The van der Waals surface area contributed by atoms with Gasteiger partial charge in [-0.15, -0.1) is 0 Å². The molecule has 0 aliphatic heterocycles. The van der Waals surface area contributed by atoms with Gasteiger partial charge in [0.25, 0.3) is 0 Å². The fourth-order valence-corrected chi connectivity index (χ4v) is 1.83. The van der Waals surface area contributed by atoms with Gasteiger partial charge in [0.2, 0.25) is 0 Å². The largest absolute Gasteiger partial charge is 0.458 e. The molecule has 0 spiro atoms. The molecule has 0 saturated carbocycles. The zero-order valence-electron chi connectivity index (χ0n) is 10.1. The number of hydrogen-bond acceptors (Lipinski definition) is 3. The zero-order chi connectivity index (χ0) is 12.1. The highest BCUT2D eigenvalue weighted by Gasteiger charge is 2.30. The topological polar surface area (TPSA) is 43.4 Å². The van der Waals surface area contributed by atoms with E-state index in [9.17, 15) is 9.59 Å². The minimum Gasteiger partial charge on any atom is -0.458 e. The number of ether oxygens (including phenoxy) is 1. The number of esters is 1. The molecule has 1 atom stereocenters. The first-order valence-electron chi connectivity index (χ1n) is 5.61. The summed E-state index contributed by atoms with van der Waals surface area (Å²) < 4.78 is 5.09. The zero-order valence-corrected chi connectivity index (χ0v) is 10.1. The number of carbonyl (C=O) groups is 2. The molecule has 0 aromatic heterocycles. The summed E-state index contributed by atoms with van der Waals surface area (Å²) in [5.74, 6) is -0.230. The molecule has 1 aliphatic carbocycles. The first-order chi connectivity index (χ1) is 7.56. The maximum Gasteiger partial charge on any atom is 0.303 e. The van der Waals surface area contributed by atoms with Crippen LogP contribution in [0, 0.1) is 0 Å². The predicted octanol–water partition coefficient (Wildman–Crippen LogP) is 2.56. The average Bonchev–Trinajstić information content (AvgIpc) is 2.45. The summed E-state index contributed by atoms with van der Waals surface area (Å²) in [5, 5.41) is 0. The normalized spacial score (nSPS) is 20.9. The molecule has 88 valence electrons. The number of hydrogen-bond donors (Lipinski definition) is 0. The standard InChI is InChI=1S/C13H18O3/c1-4-5-6-7-11-9(2)13(8-12(11)15)16-10(3)14/h5-6,13H,4,7-8H2,1-3H3/b6-5-/t13-/m1/s1. The van der Waals surface area contributed by atoms with Crippen molar-refractivity contribution in [2.24, 2.45) is 0 Å². The van der Waals surface area contributed by atoms with Crippen molar-refractivity contribution >= 4 is 11.8 Å². The van der Waals surface area contributed by atoms with Gasteiger partial charge >= 0.3 is 5.97 Å². The molecule has 16 heavy (non-hydrogen) atoms. The third-order valence-corrected chi connectivity index (χ3v) is 2.70. The van der Waals surface area contributed by atoms with E-state index in [1.807, 2.05) is 19.1 Å². The van der Waals surface area contributed by atoms with Gasteiger partial charge < -0.3 is 4.74 Å². The summed E-state index contributed by atoms with van der Waals surface area (Å²) in [6.07, 6.45) is 5.61. The van der Waals surface area contributed by atoms with Crippen molar-refractivity contribution in [1.82, 2.24) is 0 Å². The van der Waals surface area contributed by atoms with Crippen LogP contribution in [0.1, 0.15) is 40.0 Å². The van der Waals surface area contributed by atoms with Crippen molar-refractivity contribution < 1.29 is 14.3 Å². The lowest BCUT2D eigenvalue weighted by molar-refractivity contribution is -0.144. The molecule has 0 bridgehead atoms. The molecule has 0 amide bonds.